The van der Waals surface area contributed by atoms with Gasteiger partial charge in [-0.25, -0.2) is 0 Å². The molecule has 0 heterocycles. The minimum absolute atomic E-state index is 0.121. The predicted octanol–water partition coefficient (Wildman–Crippen LogP) is 1.44. The van der Waals surface area contributed by atoms with Crippen LogP contribution in [0.5, 0.6) is 0 Å². The van der Waals surface area contributed by atoms with Crippen LogP contribution in [-0.2, 0) is 14.3 Å². The smallest absolute Gasteiger partial charge is 0.325 e. The van der Waals surface area contributed by atoms with E-state index >= 15 is 0 Å². The van der Waals surface area contributed by atoms with Crippen molar-refractivity contribution in [3.63, 3.8) is 0 Å². The molecular formula is C15H16NO4. The molecule has 0 aliphatic carbocycles. The van der Waals surface area contributed by atoms with Crippen LogP contribution in [0.15, 0.2) is 30.3 Å². The van der Waals surface area contributed by atoms with Gasteiger partial charge in [-0.05, 0) is 24.6 Å². The van der Waals surface area contributed by atoms with Crippen LogP contribution in [-0.4, -0.2) is 43.3 Å². The largest absolute Gasteiger partial charge is 0.465 e. The summed E-state index contributed by atoms with van der Waals surface area (Å²) in [6.07, 6.45) is 4.32. The Morgan fingerprint density at radius 2 is 2.05 bits per heavy atom. The fourth-order valence-electron chi connectivity index (χ4n) is 1.64. The number of benzene rings is 1. The third-order valence-corrected chi connectivity index (χ3v) is 2.54. The highest BCUT2D eigenvalue weighted by molar-refractivity contribution is 5.99. The summed E-state index contributed by atoms with van der Waals surface area (Å²) in [5, 5.41) is 0. The second kappa shape index (κ2) is 7.89. The third-order valence-electron chi connectivity index (χ3n) is 2.54. The zero-order chi connectivity index (χ0) is 15.0. The van der Waals surface area contributed by atoms with Crippen LogP contribution in [0.3, 0.4) is 0 Å². The number of nitrogens with zero attached hydrogens (tertiary/aromatic N) is 1. The summed E-state index contributed by atoms with van der Waals surface area (Å²) >= 11 is 0. The topological polar surface area (TPSA) is 63.7 Å². The molecule has 5 heteroatoms. The molecule has 1 aromatic carbocycles. The van der Waals surface area contributed by atoms with Crippen molar-refractivity contribution in [3.05, 3.63) is 41.5 Å². The SMILES string of the molecule is CCOC(=O)CN(C)C(=O)c1ccccc1/C=C/[C]=O. The summed E-state index contributed by atoms with van der Waals surface area (Å²) in [6, 6.07) is 6.81. The molecule has 0 atom stereocenters. The van der Waals surface area contributed by atoms with Crippen LogP contribution >= 0.6 is 0 Å². The van der Waals surface area contributed by atoms with Gasteiger partial charge in [0, 0.05) is 12.6 Å². The van der Waals surface area contributed by atoms with E-state index in [0.717, 1.165) is 0 Å². The molecule has 5 nitrogen and oxygen atoms in total. The number of amides is 1. The summed E-state index contributed by atoms with van der Waals surface area (Å²) in [7, 11) is 1.52. The second-order valence-corrected chi connectivity index (χ2v) is 4.00. The zero-order valence-electron chi connectivity index (χ0n) is 11.5. The highest BCUT2D eigenvalue weighted by atomic mass is 16.5. The van der Waals surface area contributed by atoms with Gasteiger partial charge in [0.2, 0.25) is 6.29 Å². The van der Waals surface area contributed by atoms with Crippen LogP contribution in [0, 0.1) is 0 Å². The molecule has 0 saturated carbocycles. The van der Waals surface area contributed by atoms with E-state index in [1.54, 1.807) is 37.5 Å². The van der Waals surface area contributed by atoms with E-state index in [9.17, 15) is 14.4 Å². The third kappa shape index (κ3) is 4.35. The van der Waals surface area contributed by atoms with Crippen molar-refractivity contribution in [1.82, 2.24) is 4.90 Å². The van der Waals surface area contributed by atoms with Gasteiger partial charge in [-0.2, -0.15) is 0 Å². The maximum Gasteiger partial charge on any atom is 0.325 e. The molecule has 0 unspecified atom stereocenters. The average molecular weight is 274 g/mol. The normalized spacial score (nSPS) is 10.3. The first kappa shape index (κ1) is 15.6. The van der Waals surface area contributed by atoms with Crippen molar-refractivity contribution in [1.29, 1.82) is 0 Å². The van der Waals surface area contributed by atoms with Crippen molar-refractivity contribution in [3.8, 4) is 0 Å². The van der Waals surface area contributed by atoms with Crippen LogP contribution in [0.25, 0.3) is 6.08 Å². The Morgan fingerprint density at radius 1 is 1.35 bits per heavy atom. The molecule has 1 rings (SSSR count). The van der Waals surface area contributed by atoms with E-state index in [4.69, 9.17) is 4.74 Å². The summed E-state index contributed by atoms with van der Waals surface area (Å²) in [5.41, 5.74) is 1.00. The van der Waals surface area contributed by atoms with Gasteiger partial charge in [0.05, 0.1) is 6.61 Å². The Kier molecular flexibility index (Phi) is 6.16. The van der Waals surface area contributed by atoms with Crippen LogP contribution < -0.4 is 0 Å². The van der Waals surface area contributed by atoms with Gasteiger partial charge < -0.3 is 9.64 Å². The van der Waals surface area contributed by atoms with E-state index in [1.165, 1.54) is 24.1 Å². The number of ether oxygens (including phenoxy) is 1. The maximum absolute atomic E-state index is 12.3. The summed E-state index contributed by atoms with van der Waals surface area (Å²) in [5.74, 6) is -0.776. The van der Waals surface area contributed by atoms with Crippen molar-refractivity contribution in [2.24, 2.45) is 0 Å². The second-order valence-electron chi connectivity index (χ2n) is 4.00. The van der Waals surface area contributed by atoms with Gasteiger partial charge >= 0.3 is 5.97 Å². The van der Waals surface area contributed by atoms with Crippen molar-refractivity contribution in [2.75, 3.05) is 20.2 Å². The Labute approximate surface area is 117 Å². The fourth-order valence-corrected chi connectivity index (χ4v) is 1.64. The molecule has 1 amide bonds. The van der Waals surface area contributed by atoms with Crippen LogP contribution in [0.2, 0.25) is 0 Å². The summed E-state index contributed by atoms with van der Waals surface area (Å²) in [4.78, 5) is 35.1. The van der Waals surface area contributed by atoms with E-state index < -0.39 is 5.97 Å². The Hall–Kier alpha value is -2.43. The van der Waals surface area contributed by atoms with Crippen LogP contribution in [0.1, 0.15) is 22.8 Å². The van der Waals surface area contributed by atoms with Crippen molar-refractivity contribution >= 4 is 24.2 Å². The van der Waals surface area contributed by atoms with E-state index in [1.807, 2.05) is 0 Å². The molecule has 105 valence electrons. The van der Waals surface area contributed by atoms with E-state index in [-0.39, 0.29) is 19.1 Å². The first-order chi connectivity index (χ1) is 9.60. The Morgan fingerprint density at radius 3 is 2.70 bits per heavy atom. The highest BCUT2D eigenvalue weighted by Gasteiger charge is 2.17. The Balaban J connectivity index is 2.88. The fraction of sp³-hybridized carbons (Fsp3) is 0.267. The minimum Gasteiger partial charge on any atom is -0.465 e. The number of carbonyl (C=O) groups excluding carboxylic acids is 3. The standard InChI is InChI=1S/C15H16NO4/c1-3-20-14(18)11-16(2)15(19)13-9-5-4-7-12(13)8-6-10-17/h4-9H,3,11H2,1-2H3/b8-6+. The summed E-state index contributed by atoms with van der Waals surface area (Å²) in [6.45, 7) is 1.86. The van der Waals surface area contributed by atoms with Gasteiger partial charge in [-0.3, -0.25) is 14.4 Å². The number of hydrogen-bond acceptors (Lipinski definition) is 4. The molecule has 0 fully saturated rings. The lowest BCUT2D eigenvalue weighted by atomic mass is 10.1. The van der Waals surface area contributed by atoms with Gasteiger partial charge in [0.15, 0.2) is 0 Å². The molecule has 0 aromatic heterocycles. The number of esters is 1. The predicted molar refractivity (Wildman–Crippen MR) is 74.8 cm³/mol. The molecule has 20 heavy (non-hydrogen) atoms. The molecule has 0 saturated heterocycles. The van der Waals surface area contributed by atoms with E-state index in [2.05, 4.69) is 0 Å². The lowest BCUT2D eigenvalue weighted by Gasteiger charge is -2.17. The van der Waals surface area contributed by atoms with Crippen molar-refractivity contribution < 1.29 is 19.1 Å². The lowest BCUT2D eigenvalue weighted by molar-refractivity contribution is -0.143. The molecule has 1 aromatic rings. The van der Waals surface area contributed by atoms with Gasteiger partial charge in [-0.15, -0.1) is 0 Å². The van der Waals surface area contributed by atoms with Gasteiger partial charge in [0.1, 0.15) is 6.54 Å². The average Bonchev–Trinajstić information content (AvgIpc) is 2.44. The number of allylic oxidation sites excluding steroid dienone is 1. The molecule has 0 bridgehead atoms. The monoisotopic (exact) mass is 274 g/mol. The molecule has 0 aliphatic rings. The lowest BCUT2D eigenvalue weighted by Crippen LogP contribution is -2.33. The number of hydrogen-bond donors (Lipinski definition) is 0. The highest BCUT2D eigenvalue weighted by Crippen LogP contribution is 2.13. The molecular weight excluding hydrogens is 258 g/mol. The summed E-state index contributed by atoms with van der Waals surface area (Å²) < 4.78 is 4.80. The molecule has 0 N–H and O–H groups in total. The Bertz CT molecular complexity index is 522. The maximum atomic E-state index is 12.3. The zero-order valence-corrected chi connectivity index (χ0v) is 11.5. The molecule has 1 radical (unpaired) electrons. The first-order valence-corrected chi connectivity index (χ1v) is 6.14. The molecule has 0 spiro atoms. The number of rotatable bonds is 6. The number of carbonyl (C=O) groups is 2. The minimum atomic E-state index is -0.461. The van der Waals surface area contributed by atoms with Crippen LogP contribution in [0.4, 0.5) is 0 Å². The first-order valence-electron chi connectivity index (χ1n) is 6.14. The van der Waals surface area contributed by atoms with Crippen molar-refractivity contribution in [2.45, 2.75) is 6.92 Å². The quantitative estimate of drug-likeness (QED) is 0.581. The van der Waals surface area contributed by atoms with Gasteiger partial charge in [0.25, 0.3) is 5.91 Å². The molecule has 0 aliphatic heterocycles. The van der Waals surface area contributed by atoms with Gasteiger partial charge in [-0.1, -0.05) is 24.3 Å². The number of likely N-dealkylation sites (N-methyl/N-ethyl adjacent to an activating group) is 1. The van der Waals surface area contributed by atoms with E-state index in [0.29, 0.717) is 11.1 Å².